The summed E-state index contributed by atoms with van der Waals surface area (Å²) in [4.78, 5) is 24.1. The third-order valence-corrected chi connectivity index (χ3v) is 4.67. The highest BCUT2D eigenvalue weighted by Gasteiger charge is 2.26. The molecule has 10 nitrogen and oxygen atoms in total. The number of fused-ring (bicyclic) bond motifs is 1. The van der Waals surface area contributed by atoms with E-state index in [0.717, 1.165) is 0 Å². The number of carbonyl (C=O) groups excluding carboxylic acids is 1. The number of hydrogen-bond acceptors (Lipinski definition) is 8. The molecule has 0 radical (unpaired) electrons. The van der Waals surface area contributed by atoms with Gasteiger partial charge < -0.3 is 19.8 Å². The molecular weight excluding hydrogens is 371 g/mol. The number of nitrogens with two attached hydrogens (primary N) is 1. The standard InChI is InChI=1S/C16H26N6O4P/c1-10(2)6-25-16(23)12(4)21-27(24)9-26-11(3)5-22-8-20-13-14(17)18-7-19-15(13)22/h7-8,10-12H,5-6,9H2,1-4H3,(H,21,24)(H2,17,18,19)/q+1. The number of nitrogens with one attached hydrogen (secondary N) is 1. The van der Waals surface area contributed by atoms with Crippen molar-refractivity contribution in [2.24, 2.45) is 5.92 Å². The third-order valence-electron chi connectivity index (χ3n) is 3.61. The quantitative estimate of drug-likeness (QED) is 0.453. The SMILES string of the molecule is CC(C)COC(=O)C(C)N[P+](=O)COC(C)Cn1cnc2c(N)ncnc21. The summed E-state index contributed by atoms with van der Waals surface area (Å²) in [6, 6.07) is -0.663. The molecule has 148 valence electrons. The van der Waals surface area contributed by atoms with E-state index in [1.807, 2.05) is 20.8 Å². The lowest BCUT2D eigenvalue weighted by atomic mass is 10.2. The molecule has 11 heteroatoms. The smallest absolute Gasteiger partial charge is 0.461 e. The van der Waals surface area contributed by atoms with E-state index in [0.29, 0.717) is 30.1 Å². The summed E-state index contributed by atoms with van der Waals surface area (Å²) >= 11 is 0. The minimum Gasteiger partial charge on any atom is -0.464 e. The zero-order valence-electron chi connectivity index (χ0n) is 16.0. The predicted molar refractivity (Wildman–Crippen MR) is 101 cm³/mol. The second-order valence-electron chi connectivity index (χ2n) is 6.69. The molecule has 0 saturated heterocycles. The highest BCUT2D eigenvalue weighted by molar-refractivity contribution is 7.42. The number of anilines is 1. The number of aromatic nitrogens is 4. The summed E-state index contributed by atoms with van der Waals surface area (Å²) in [7, 11) is -1.91. The first-order chi connectivity index (χ1) is 12.8. The van der Waals surface area contributed by atoms with Crippen molar-refractivity contribution in [1.82, 2.24) is 24.6 Å². The lowest BCUT2D eigenvalue weighted by Gasteiger charge is -2.12. The van der Waals surface area contributed by atoms with Gasteiger partial charge in [-0.25, -0.2) is 15.0 Å². The summed E-state index contributed by atoms with van der Waals surface area (Å²) in [5.74, 6) is 0.138. The Morgan fingerprint density at radius 1 is 1.30 bits per heavy atom. The molecule has 0 aromatic carbocycles. The lowest BCUT2D eigenvalue weighted by Crippen LogP contribution is -2.32. The maximum atomic E-state index is 12.1. The molecule has 0 bridgehead atoms. The molecule has 0 amide bonds. The van der Waals surface area contributed by atoms with Gasteiger partial charge in [-0.2, -0.15) is 0 Å². The maximum Gasteiger partial charge on any atom is 0.461 e. The molecule has 0 spiro atoms. The average Bonchev–Trinajstić information content (AvgIpc) is 3.02. The van der Waals surface area contributed by atoms with E-state index >= 15 is 0 Å². The number of imidazole rings is 1. The van der Waals surface area contributed by atoms with Gasteiger partial charge in [0.05, 0.1) is 25.6 Å². The van der Waals surface area contributed by atoms with E-state index in [-0.39, 0.29) is 18.4 Å². The van der Waals surface area contributed by atoms with Crippen LogP contribution in [0.3, 0.4) is 0 Å². The summed E-state index contributed by atoms with van der Waals surface area (Å²) in [6.45, 7) is 8.15. The van der Waals surface area contributed by atoms with Gasteiger partial charge in [0.15, 0.2) is 11.5 Å². The van der Waals surface area contributed by atoms with Crippen molar-refractivity contribution < 1.29 is 18.8 Å². The topological polar surface area (TPSA) is 134 Å². The largest absolute Gasteiger partial charge is 0.464 e. The Balaban J connectivity index is 1.79. The molecule has 0 aliphatic rings. The van der Waals surface area contributed by atoms with E-state index in [1.165, 1.54) is 6.33 Å². The van der Waals surface area contributed by atoms with Crippen LogP contribution in [0.4, 0.5) is 5.82 Å². The highest BCUT2D eigenvalue weighted by Crippen LogP contribution is 2.19. The van der Waals surface area contributed by atoms with Gasteiger partial charge in [-0.3, -0.25) is 4.79 Å². The molecule has 0 saturated carbocycles. The fourth-order valence-electron chi connectivity index (χ4n) is 2.24. The Kier molecular flexibility index (Phi) is 7.58. The summed E-state index contributed by atoms with van der Waals surface area (Å²) in [5, 5.41) is 2.71. The number of carbonyl (C=O) groups is 1. The Labute approximate surface area is 158 Å². The monoisotopic (exact) mass is 397 g/mol. The maximum absolute atomic E-state index is 12.1. The van der Waals surface area contributed by atoms with Gasteiger partial charge in [0, 0.05) is 0 Å². The van der Waals surface area contributed by atoms with E-state index in [4.69, 9.17) is 15.2 Å². The van der Waals surface area contributed by atoms with Gasteiger partial charge in [0.25, 0.3) is 6.35 Å². The van der Waals surface area contributed by atoms with Gasteiger partial charge in [0.2, 0.25) is 0 Å². The van der Waals surface area contributed by atoms with Crippen molar-refractivity contribution in [2.45, 2.75) is 46.4 Å². The minimum atomic E-state index is -1.91. The molecule has 2 aromatic rings. The van der Waals surface area contributed by atoms with Crippen molar-refractivity contribution >= 4 is 30.9 Å². The van der Waals surface area contributed by atoms with Crippen LogP contribution in [0, 0.1) is 5.92 Å². The number of nitrogens with zero attached hydrogens (tertiary/aromatic N) is 4. The first-order valence-electron chi connectivity index (χ1n) is 8.68. The molecule has 2 rings (SSSR count). The fraction of sp³-hybridized carbons (Fsp3) is 0.625. The van der Waals surface area contributed by atoms with E-state index in [9.17, 15) is 9.36 Å². The van der Waals surface area contributed by atoms with Crippen LogP contribution in [0.15, 0.2) is 12.7 Å². The van der Waals surface area contributed by atoms with Crippen molar-refractivity contribution in [1.29, 1.82) is 0 Å². The number of ether oxygens (including phenoxy) is 2. The first kappa shape index (κ1) is 21.1. The van der Waals surface area contributed by atoms with Gasteiger partial charge >= 0.3 is 13.9 Å². The third kappa shape index (κ3) is 6.20. The van der Waals surface area contributed by atoms with Gasteiger partial charge in [-0.15, -0.1) is 0 Å². The van der Waals surface area contributed by atoms with Crippen LogP contribution >= 0.6 is 7.95 Å². The summed E-state index contributed by atoms with van der Waals surface area (Å²) in [5.41, 5.74) is 6.91. The Hall–Kier alpha value is -2.16. The van der Waals surface area contributed by atoms with Crippen LogP contribution < -0.4 is 10.8 Å². The van der Waals surface area contributed by atoms with Crippen molar-refractivity contribution in [3.05, 3.63) is 12.7 Å². The van der Waals surface area contributed by atoms with Gasteiger partial charge in [0.1, 0.15) is 17.9 Å². The molecule has 2 aromatic heterocycles. The Morgan fingerprint density at radius 3 is 2.74 bits per heavy atom. The number of esters is 1. The van der Waals surface area contributed by atoms with Crippen LogP contribution in [-0.4, -0.2) is 50.6 Å². The first-order valence-corrected chi connectivity index (χ1v) is 10.1. The van der Waals surface area contributed by atoms with Gasteiger partial charge in [-0.1, -0.05) is 18.9 Å². The minimum absolute atomic E-state index is 0.0257. The van der Waals surface area contributed by atoms with Crippen LogP contribution in [0.25, 0.3) is 11.2 Å². The molecule has 0 fully saturated rings. The van der Waals surface area contributed by atoms with E-state index in [2.05, 4.69) is 20.0 Å². The van der Waals surface area contributed by atoms with Crippen molar-refractivity contribution in [3.8, 4) is 0 Å². The van der Waals surface area contributed by atoms with E-state index < -0.39 is 20.0 Å². The normalized spacial score (nSPS) is 14.3. The zero-order valence-corrected chi connectivity index (χ0v) is 16.8. The molecule has 0 aliphatic heterocycles. The van der Waals surface area contributed by atoms with Gasteiger partial charge in [-0.05, 0) is 24.3 Å². The molecule has 3 unspecified atom stereocenters. The molecule has 27 heavy (non-hydrogen) atoms. The van der Waals surface area contributed by atoms with Crippen LogP contribution in [0.5, 0.6) is 0 Å². The predicted octanol–water partition coefficient (Wildman–Crippen LogP) is 1.69. The molecular formula is C16H26N6O4P+. The molecule has 3 atom stereocenters. The second kappa shape index (κ2) is 9.68. The van der Waals surface area contributed by atoms with Crippen molar-refractivity contribution in [2.75, 3.05) is 18.7 Å². The molecule has 2 heterocycles. The highest BCUT2D eigenvalue weighted by atomic mass is 31.1. The molecule has 0 aliphatic carbocycles. The number of rotatable bonds is 10. The molecule has 3 N–H and O–H groups in total. The van der Waals surface area contributed by atoms with Crippen LogP contribution in [0.1, 0.15) is 27.7 Å². The lowest BCUT2D eigenvalue weighted by molar-refractivity contribution is -0.146. The van der Waals surface area contributed by atoms with Crippen LogP contribution in [0.2, 0.25) is 0 Å². The second-order valence-corrected chi connectivity index (χ2v) is 7.96. The van der Waals surface area contributed by atoms with Crippen molar-refractivity contribution in [3.63, 3.8) is 0 Å². The summed E-state index contributed by atoms with van der Waals surface area (Å²) in [6.07, 6.45) is 2.72. The average molecular weight is 397 g/mol. The Bertz CT molecular complexity index is 796. The Morgan fingerprint density at radius 2 is 2.04 bits per heavy atom. The number of nitrogen functional groups attached to an aromatic ring is 1. The zero-order chi connectivity index (χ0) is 20.0. The number of hydrogen-bond donors (Lipinski definition) is 2. The van der Waals surface area contributed by atoms with Crippen LogP contribution in [-0.2, 0) is 25.4 Å². The van der Waals surface area contributed by atoms with E-state index in [1.54, 1.807) is 17.8 Å². The summed E-state index contributed by atoms with van der Waals surface area (Å²) < 4.78 is 24.6. The fourth-order valence-corrected chi connectivity index (χ4v) is 3.24.